The zero-order valence-corrected chi connectivity index (χ0v) is 15.9. The predicted molar refractivity (Wildman–Crippen MR) is 109 cm³/mol. The second-order valence-electron chi connectivity index (χ2n) is 6.34. The van der Waals surface area contributed by atoms with Crippen molar-refractivity contribution in [1.82, 2.24) is 15.2 Å². The molecule has 1 aromatic heterocycles. The Kier molecular flexibility index (Phi) is 6.01. The Balaban J connectivity index is 1.72. The minimum absolute atomic E-state index is 0.0594. The van der Waals surface area contributed by atoms with E-state index >= 15 is 0 Å². The van der Waals surface area contributed by atoms with Crippen LogP contribution in [0.3, 0.4) is 0 Å². The van der Waals surface area contributed by atoms with E-state index in [2.05, 4.69) is 31.1 Å². The van der Waals surface area contributed by atoms with Crippen LogP contribution in [0.4, 0.5) is 28.8 Å². The number of para-hydroxylation sites is 2. The zero-order valence-electron chi connectivity index (χ0n) is 15.9. The molecule has 0 bridgehead atoms. The third-order valence-electron chi connectivity index (χ3n) is 3.53. The van der Waals surface area contributed by atoms with Crippen LogP contribution in [-0.4, -0.2) is 27.2 Å². The summed E-state index contributed by atoms with van der Waals surface area (Å²) < 4.78 is 5.81. The summed E-state index contributed by atoms with van der Waals surface area (Å²) in [5.74, 6) is 1.50. The van der Waals surface area contributed by atoms with E-state index in [0.29, 0.717) is 17.5 Å². The third kappa shape index (κ3) is 5.41. The third-order valence-corrected chi connectivity index (χ3v) is 3.53. The van der Waals surface area contributed by atoms with Crippen molar-refractivity contribution >= 4 is 34.7 Å². The van der Waals surface area contributed by atoms with Crippen molar-refractivity contribution in [2.75, 3.05) is 16.0 Å². The molecule has 0 spiro atoms. The van der Waals surface area contributed by atoms with E-state index in [1.54, 1.807) is 12.1 Å². The lowest BCUT2D eigenvalue weighted by Crippen LogP contribution is -2.08. The molecule has 0 unspecified atom stereocenters. The SMILES string of the molecule is CC(=O)Nc1ccc(Nc2nncc(Nc3ccccc3OC(C)C)n2)cc1. The number of hydrogen-bond donors (Lipinski definition) is 3. The van der Waals surface area contributed by atoms with Crippen molar-refractivity contribution < 1.29 is 9.53 Å². The number of carbonyl (C=O) groups excluding carboxylic acids is 1. The quantitative estimate of drug-likeness (QED) is 0.569. The molecule has 8 heteroatoms. The van der Waals surface area contributed by atoms with Gasteiger partial charge in [-0.15, -0.1) is 5.10 Å². The molecule has 3 aromatic rings. The van der Waals surface area contributed by atoms with Crippen LogP contribution in [0.5, 0.6) is 5.75 Å². The Labute approximate surface area is 163 Å². The summed E-state index contributed by atoms with van der Waals surface area (Å²) in [6.45, 7) is 5.42. The van der Waals surface area contributed by atoms with Crippen LogP contribution < -0.4 is 20.7 Å². The summed E-state index contributed by atoms with van der Waals surface area (Å²) in [6, 6.07) is 14.9. The van der Waals surface area contributed by atoms with Crippen molar-refractivity contribution in [3.63, 3.8) is 0 Å². The monoisotopic (exact) mass is 378 g/mol. The number of benzene rings is 2. The van der Waals surface area contributed by atoms with Gasteiger partial charge in [0.25, 0.3) is 0 Å². The second kappa shape index (κ2) is 8.81. The van der Waals surface area contributed by atoms with Crippen molar-refractivity contribution in [3.8, 4) is 5.75 Å². The maximum atomic E-state index is 11.1. The molecule has 2 aromatic carbocycles. The van der Waals surface area contributed by atoms with Crippen LogP contribution in [0.2, 0.25) is 0 Å². The van der Waals surface area contributed by atoms with Crippen molar-refractivity contribution in [2.24, 2.45) is 0 Å². The minimum atomic E-state index is -0.117. The summed E-state index contributed by atoms with van der Waals surface area (Å²) in [6.07, 6.45) is 1.60. The van der Waals surface area contributed by atoms with Gasteiger partial charge in [-0.1, -0.05) is 12.1 Å². The van der Waals surface area contributed by atoms with Crippen LogP contribution >= 0.6 is 0 Å². The lowest BCUT2D eigenvalue weighted by atomic mass is 10.3. The van der Waals surface area contributed by atoms with Gasteiger partial charge in [-0.05, 0) is 50.2 Å². The number of hydrogen-bond acceptors (Lipinski definition) is 7. The van der Waals surface area contributed by atoms with Crippen LogP contribution in [0.25, 0.3) is 0 Å². The molecule has 28 heavy (non-hydrogen) atoms. The first-order valence-corrected chi connectivity index (χ1v) is 8.87. The van der Waals surface area contributed by atoms with E-state index in [1.165, 1.54) is 13.1 Å². The number of nitrogens with zero attached hydrogens (tertiary/aromatic N) is 3. The molecule has 0 saturated heterocycles. The van der Waals surface area contributed by atoms with Gasteiger partial charge in [-0.3, -0.25) is 4.79 Å². The zero-order chi connectivity index (χ0) is 19.9. The van der Waals surface area contributed by atoms with Crippen LogP contribution in [0, 0.1) is 0 Å². The fraction of sp³-hybridized carbons (Fsp3) is 0.200. The van der Waals surface area contributed by atoms with Gasteiger partial charge in [0.2, 0.25) is 11.9 Å². The first-order chi connectivity index (χ1) is 13.5. The second-order valence-corrected chi connectivity index (χ2v) is 6.34. The van der Waals surface area contributed by atoms with Gasteiger partial charge >= 0.3 is 0 Å². The standard InChI is InChI=1S/C20H22N6O2/c1-13(2)28-18-7-5-4-6-17(18)24-19-12-21-26-20(25-19)23-16-10-8-15(9-11-16)22-14(3)27/h4-13H,1-3H3,(H,22,27)(H2,23,24,25,26). The number of nitrogens with one attached hydrogen (secondary N) is 3. The molecule has 3 rings (SSSR count). The number of rotatable bonds is 7. The molecule has 0 atom stereocenters. The summed E-state index contributed by atoms with van der Waals surface area (Å²) in [7, 11) is 0. The topological polar surface area (TPSA) is 101 Å². The van der Waals surface area contributed by atoms with E-state index in [9.17, 15) is 4.79 Å². The summed E-state index contributed by atoms with van der Waals surface area (Å²) >= 11 is 0. The molecule has 1 amide bonds. The maximum Gasteiger partial charge on any atom is 0.249 e. The average molecular weight is 378 g/mol. The van der Waals surface area contributed by atoms with Gasteiger partial charge in [0.15, 0.2) is 5.82 Å². The molecule has 3 N–H and O–H groups in total. The highest BCUT2D eigenvalue weighted by molar-refractivity contribution is 5.88. The van der Waals surface area contributed by atoms with Crippen molar-refractivity contribution in [2.45, 2.75) is 26.9 Å². The average Bonchev–Trinajstić information content (AvgIpc) is 2.64. The Bertz CT molecular complexity index is 943. The first kappa shape index (κ1) is 19.1. The van der Waals surface area contributed by atoms with Gasteiger partial charge in [-0.25, -0.2) is 0 Å². The van der Waals surface area contributed by atoms with Gasteiger partial charge in [0.1, 0.15) is 5.75 Å². The van der Waals surface area contributed by atoms with Gasteiger partial charge in [0, 0.05) is 18.3 Å². The molecule has 0 aliphatic carbocycles. The first-order valence-electron chi connectivity index (χ1n) is 8.87. The summed E-state index contributed by atoms with van der Waals surface area (Å²) in [5, 5.41) is 17.0. The smallest absolute Gasteiger partial charge is 0.249 e. The van der Waals surface area contributed by atoms with Crippen LogP contribution in [-0.2, 0) is 4.79 Å². The van der Waals surface area contributed by atoms with Gasteiger partial charge in [0.05, 0.1) is 18.0 Å². The van der Waals surface area contributed by atoms with Gasteiger partial charge in [-0.2, -0.15) is 10.1 Å². The highest BCUT2D eigenvalue weighted by atomic mass is 16.5. The Morgan fingerprint density at radius 2 is 1.71 bits per heavy atom. The number of amides is 1. The Hall–Kier alpha value is -3.68. The van der Waals surface area contributed by atoms with E-state index in [0.717, 1.165) is 17.1 Å². The van der Waals surface area contributed by atoms with E-state index in [-0.39, 0.29) is 12.0 Å². The Morgan fingerprint density at radius 3 is 2.43 bits per heavy atom. The van der Waals surface area contributed by atoms with E-state index in [4.69, 9.17) is 4.74 Å². The number of aromatic nitrogens is 3. The summed E-state index contributed by atoms with van der Waals surface area (Å²) in [5.41, 5.74) is 2.29. The van der Waals surface area contributed by atoms with Crippen molar-refractivity contribution in [1.29, 1.82) is 0 Å². The fourth-order valence-corrected chi connectivity index (χ4v) is 2.45. The Morgan fingerprint density at radius 1 is 1.00 bits per heavy atom. The van der Waals surface area contributed by atoms with Crippen molar-refractivity contribution in [3.05, 3.63) is 54.7 Å². The minimum Gasteiger partial charge on any atom is -0.489 e. The van der Waals surface area contributed by atoms with Gasteiger partial charge < -0.3 is 20.7 Å². The maximum absolute atomic E-state index is 11.1. The molecule has 0 radical (unpaired) electrons. The highest BCUT2D eigenvalue weighted by Gasteiger charge is 2.08. The summed E-state index contributed by atoms with van der Waals surface area (Å²) in [4.78, 5) is 15.5. The molecule has 8 nitrogen and oxygen atoms in total. The molecular formula is C20H22N6O2. The highest BCUT2D eigenvalue weighted by Crippen LogP contribution is 2.27. The molecule has 1 heterocycles. The molecular weight excluding hydrogens is 356 g/mol. The fourth-order valence-electron chi connectivity index (χ4n) is 2.45. The van der Waals surface area contributed by atoms with E-state index in [1.807, 2.05) is 50.2 Å². The molecule has 0 aliphatic heterocycles. The number of ether oxygens (including phenoxy) is 1. The molecule has 144 valence electrons. The number of anilines is 5. The van der Waals surface area contributed by atoms with E-state index < -0.39 is 0 Å². The molecule has 0 aliphatic rings. The largest absolute Gasteiger partial charge is 0.489 e. The van der Waals surface area contributed by atoms with Crippen LogP contribution in [0.1, 0.15) is 20.8 Å². The molecule has 0 fully saturated rings. The normalized spacial score (nSPS) is 10.4. The molecule has 0 saturated carbocycles. The number of carbonyl (C=O) groups is 1. The predicted octanol–water partition coefficient (Wildman–Crippen LogP) is 4.10. The lowest BCUT2D eigenvalue weighted by Gasteiger charge is -2.15. The van der Waals surface area contributed by atoms with Crippen LogP contribution in [0.15, 0.2) is 54.7 Å². The lowest BCUT2D eigenvalue weighted by molar-refractivity contribution is -0.114.